The molecule has 1 atom stereocenters. The summed E-state index contributed by atoms with van der Waals surface area (Å²) in [6.45, 7) is 3.24. The Morgan fingerprint density at radius 1 is 1.20 bits per heavy atom. The van der Waals surface area contributed by atoms with E-state index < -0.39 is 15.7 Å². The Morgan fingerprint density at radius 3 is 2.70 bits per heavy atom. The number of rotatable bonds is 6. The summed E-state index contributed by atoms with van der Waals surface area (Å²) in [6, 6.07) is 11.1. The van der Waals surface area contributed by atoms with Crippen molar-refractivity contribution < 1.29 is 22.8 Å². The normalized spacial score (nSPS) is 16.2. The standard InChI is InChI=1S/C21H22N2O5S2/c1-13-12-29-19-7-6-17(11-18(19)23-21(13)26)30(27,28)9-8-20(25)22-16-5-3-4-15(10-16)14(2)24/h3-7,10-11,13H,8-9,12H2,1-2H3,(H,22,25)(H,23,26)/t13-/m0/s1. The van der Waals surface area contributed by atoms with E-state index in [0.717, 1.165) is 4.90 Å². The summed E-state index contributed by atoms with van der Waals surface area (Å²) < 4.78 is 25.4. The molecule has 3 rings (SSSR count). The number of hydrogen-bond donors (Lipinski definition) is 2. The maximum absolute atomic E-state index is 12.7. The van der Waals surface area contributed by atoms with E-state index in [4.69, 9.17) is 0 Å². The zero-order chi connectivity index (χ0) is 21.9. The lowest BCUT2D eigenvalue weighted by Gasteiger charge is -2.10. The molecule has 0 bridgehead atoms. The maximum atomic E-state index is 12.7. The molecule has 2 aromatic carbocycles. The number of Topliss-reactive ketones (excluding diaryl/α,β-unsaturated/α-hetero) is 1. The Morgan fingerprint density at radius 2 is 1.97 bits per heavy atom. The first-order valence-electron chi connectivity index (χ1n) is 9.37. The fourth-order valence-electron chi connectivity index (χ4n) is 2.86. The first-order valence-corrected chi connectivity index (χ1v) is 12.0. The monoisotopic (exact) mass is 446 g/mol. The summed E-state index contributed by atoms with van der Waals surface area (Å²) in [5.41, 5.74) is 1.37. The van der Waals surface area contributed by atoms with Gasteiger partial charge in [0.15, 0.2) is 15.6 Å². The summed E-state index contributed by atoms with van der Waals surface area (Å²) in [5.74, 6) is -0.670. The van der Waals surface area contributed by atoms with Gasteiger partial charge in [0.25, 0.3) is 0 Å². The summed E-state index contributed by atoms with van der Waals surface area (Å²) >= 11 is 1.50. The molecule has 0 saturated heterocycles. The fourth-order valence-corrected chi connectivity index (χ4v) is 5.13. The van der Waals surface area contributed by atoms with E-state index >= 15 is 0 Å². The van der Waals surface area contributed by atoms with Gasteiger partial charge in [-0.2, -0.15) is 0 Å². The third-order valence-electron chi connectivity index (χ3n) is 4.66. The van der Waals surface area contributed by atoms with Gasteiger partial charge in [0, 0.05) is 34.2 Å². The van der Waals surface area contributed by atoms with Crippen LogP contribution in [0.25, 0.3) is 0 Å². The molecule has 158 valence electrons. The molecule has 1 aliphatic heterocycles. The minimum absolute atomic E-state index is 0.0584. The van der Waals surface area contributed by atoms with E-state index in [1.807, 2.05) is 6.92 Å². The first kappa shape index (κ1) is 22.0. The van der Waals surface area contributed by atoms with Crippen LogP contribution >= 0.6 is 11.8 Å². The predicted molar refractivity (Wildman–Crippen MR) is 117 cm³/mol. The number of nitrogens with one attached hydrogen (secondary N) is 2. The second kappa shape index (κ2) is 9.01. The highest BCUT2D eigenvalue weighted by Gasteiger charge is 2.23. The highest BCUT2D eigenvalue weighted by molar-refractivity contribution is 7.99. The molecule has 0 aromatic heterocycles. The number of carbonyl (C=O) groups excluding carboxylic acids is 3. The third kappa shape index (κ3) is 5.28. The van der Waals surface area contributed by atoms with Crippen molar-refractivity contribution in [2.24, 2.45) is 5.92 Å². The molecular formula is C21H22N2O5S2. The van der Waals surface area contributed by atoms with Gasteiger partial charge >= 0.3 is 0 Å². The van der Waals surface area contributed by atoms with Crippen LogP contribution in [0.5, 0.6) is 0 Å². The molecule has 0 aliphatic carbocycles. The van der Waals surface area contributed by atoms with Crippen LogP contribution in [0.3, 0.4) is 0 Å². The lowest BCUT2D eigenvalue weighted by molar-refractivity contribution is -0.118. The van der Waals surface area contributed by atoms with Crippen molar-refractivity contribution in [1.29, 1.82) is 0 Å². The zero-order valence-electron chi connectivity index (χ0n) is 16.6. The van der Waals surface area contributed by atoms with Crippen LogP contribution in [0, 0.1) is 5.92 Å². The molecule has 0 saturated carbocycles. The minimum Gasteiger partial charge on any atom is -0.326 e. The molecule has 7 nitrogen and oxygen atoms in total. The summed E-state index contributed by atoms with van der Waals surface area (Å²) in [4.78, 5) is 36.6. The van der Waals surface area contributed by atoms with E-state index in [0.29, 0.717) is 22.7 Å². The van der Waals surface area contributed by atoms with Crippen LogP contribution in [0.15, 0.2) is 52.3 Å². The number of fused-ring (bicyclic) bond motifs is 1. The van der Waals surface area contributed by atoms with Gasteiger partial charge in [0.05, 0.1) is 16.3 Å². The fraction of sp³-hybridized carbons (Fsp3) is 0.286. The van der Waals surface area contributed by atoms with Gasteiger partial charge in [0.2, 0.25) is 11.8 Å². The smallest absolute Gasteiger partial charge is 0.228 e. The summed E-state index contributed by atoms with van der Waals surface area (Å²) in [6.07, 6.45) is -0.234. The van der Waals surface area contributed by atoms with Gasteiger partial charge in [-0.3, -0.25) is 14.4 Å². The predicted octanol–water partition coefficient (Wildman–Crippen LogP) is 3.37. The molecular weight excluding hydrogens is 424 g/mol. The second-order valence-corrected chi connectivity index (χ2v) is 10.3. The molecule has 2 N–H and O–H groups in total. The highest BCUT2D eigenvalue weighted by atomic mass is 32.2. The quantitative estimate of drug-likeness (QED) is 0.659. The average molecular weight is 447 g/mol. The van der Waals surface area contributed by atoms with Crippen LogP contribution in [0.2, 0.25) is 0 Å². The van der Waals surface area contributed by atoms with Crippen molar-refractivity contribution in [2.75, 3.05) is 22.1 Å². The second-order valence-electron chi connectivity index (χ2n) is 7.11. The molecule has 2 amide bonds. The number of benzene rings is 2. The lowest BCUT2D eigenvalue weighted by Crippen LogP contribution is -2.20. The molecule has 2 aromatic rings. The molecule has 30 heavy (non-hydrogen) atoms. The highest BCUT2D eigenvalue weighted by Crippen LogP contribution is 2.34. The molecule has 0 unspecified atom stereocenters. The molecule has 1 aliphatic rings. The third-order valence-corrected chi connectivity index (χ3v) is 7.70. The van der Waals surface area contributed by atoms with Crippen molar-refractivity contribution >= 4 is 50.6 Å². The van der Waals surface area contributed by atoms with Crippen molar-refractivity contribution in [3.05, 3.63) is 48.0 Å². The Bertz CT molecular complexity index is 1110. The maximum Gasteiger partial charge on any atom is 0.228 e. The average Bonchev–Trinajstić information content (AvgIpc) is 2.84. The zero-order valence-corrected chi connectivity index (χ0v) is 18.2. The van der Waals surface area contributed by atoms with E-state index in [-0.39, 0.29) is 34.7 Å². The van der Waals surface area contributed by atoms with Gasteiger partial charge in [-0.1, -0.05) is 19.1 Å². The first-order chi connectivity index (χ1) is 14.2. The van der Waals surface area contributed by atoms with E-state index in [1.165, 1.54) is 30.8 Å². The summed E-state index contributed by atoms with van der Waals surface area (Å²) in [7, 11) is -3.72. The number of ketones is 1. The van der Waals surface area contributed by atoms with E-state index in [1.54, 1.807) is 30.3 Å². The van der Waals surface area contributed by atoms with Gasteiger partial charge in [-0.25, -0.2) is 8.42 Å². The molecule has 0 fully saturated rings. The minimum atomic E-state index is -3.72. The number of thioether (sulfide) groups is 1. The summed E-state index contributed by atoms with van der Waals surface area (Å²) in [5, 5.41) is 5.38. The number of amides is 2. The number of anilines is 2. The molecule has 1 heterocycles. The Kier molecular flexibility index (Phi) is 6.62. The van der Waals surface area contributed by atoms with Crippen molar-refractivity contribution in [1.82, 2.24) is 0 Å². The Labute approximate surface area is 179 Å². The Balaban J connectivity index is 1.68. The van der Waals surface area contributed by atoms with Crippen molar-refractivity contribution in [3.63, 3.8) is 0 Å². The SMILES string of the molecule is CC(=O)c1cccc(NC(=O)CCS(=O)(=O)c2ccc3c(c2)NC(=O)[C@@H](C)CS3)c1. The Hall–Kier alpha value is -2.65. The number of sulfone groups is 1. The van der Waals surface area contributed by atoms with Crippen LogP contribution in [0.4, 0.5) is 11.4 Å². The van der Waals surface area contributed by atoms with Crippen LogP contribution in [-0.2, 0) is 19.4 Å². The van der Waals surface area contributed by atoms with Crippen LogP contribution in [0.1, 0.15) is 30.6 Å². The molecule has 0 radical (unpaired) electrons. The van der Waals surface area contributed by atoms with Crippen LogP contribution < -0.4 is 10.6 Å². The largest absolute Gasteiger partial charge is 0.326 e. The topological polar surface area (TPSA) is 109 Å². The number of carbonyl (C=O) groups is 3. The van der Waals surface area contributed by atoms with Gasteiger partial charge < -0.3 is 10.6 Å². The van der Waals surface area contributed by atoms with E-state index in [9.17, 15) is 22.8 Å². The van der Waals surface area contributed by atoms with Gasteiger partial charge in [0.1, 0.15) is 0 Å². The molecule has 0 spiro atoms. The number of hydrogen-bond acceptors (Lipinski definition) is 6. The van der Waals surface area contributed by atoms with Crippen molar-refractivity contribution in [3.8, 4) is 0 Å². The van der Waals surface area contributed by atoms with Crippen LogP contribution in [-0.4, -0.2) is 37.5 Å². The van der Waals surface area contributed by atoms with E-state index in [2.05, 4.69) is 10.6 Å². The van der Waals surface area contributed by atoms with Gasteiger partial charge in [-0.05, 0) is 37.3 Å². The lowest BCUT2D eigenvalue weighted by atomic mass is 10.1. The molecule has 9 heteroatoms. The van der Waals surface area contributed by atoms with Gasteiger partial charge in [-0.15, -0.1) is 11.8 Å². The van der Waals surface area contributed by atoms with Crippen molar-refractivity contribution in [2.45, 2.75) is 30.1 Å².